The van der Waals surface area contributed by atoms with Gasteiger partial charge in [-0.1, -0.05) is 6.08 Å². The second kappa shape index (κ2) is 6.28. The number of allylic oxidation sites excluding steroid dienone is 1. The van der Waals surface area contributed by atoms with E-state index in [1.54, 1.807) is 24.2 Å². The maximum Gasteiger partial charge on any atom is 0.164 e. The normalized spacial score (nSPS) is 10.4. The molecule has 5 heteroatoms. The first-order valence-electron chi connectivity index (χ1n) is 4.55. The molecule has 1 heterocycles. The lowest BCUT2D eigenvalue weighted by Gasteiger charge is -1.99. The summed E-state index contributed by atoms with van der Waals surface area (Å²) in [5.74, 6) is 0.794. The second-order valence-corrected chi connectivity index (χ2v) is 2.84. The second-order valence-electron chi connectivity index (χ2n) is 2.84. The Bertz CT molecular complexity index is 272. The molecule has 0 unspecified atom stereocenters. The average molecular weight is 196 g/mol. The fourth-order valence-corrected chi connectivity index (χ4v) is 1.01. The Balaban J connectivity index is 2.25. The molecule has 14 heavy (non-hydrogen) atoms. The zero-order valence-electron chi connectivity index (χ0n) is 8.44. The van der Waals surface area contributed by atoms with Crippen molar-refractivity contribution in [3.8, 4) is 0 Å². The Hall–Kier alpha value is -1.20. The lowest BCUT2D eigenvalue weighted by Crippen LogP contribution is -2.19. The summed E-state index contributed by atoms with van der Waals surface area (Å²) in [4.78, 5) is 4.13. The van der Waals surface area contributed by atoms with Crippen LogP contribution in [0, 0.1) is 0 Å². The molecule has 1 aromatic heterocycles. The molecule has 0 amide bonds. The molecule has 1 rings (SSSR count). The first-order chi connectivity index (χ1) is 6.86. The van der Waals surface area contributed by atoms with Crippen LogP contribution in [0.3, 0.4) is 0 Å². The minimum atomic E-state index is 0.674. The van der Waals surface area contributed by atoms with Gasteiger partial charge in [-0.2, -0.15) is 5.10 Å². The third kappa shape index (κ3) is 3.68. The van der Waals surface area contributed by atoms with Gasteiger partial charge in [-0.3, -0.25) is 0 Å². The highest BCUT2D eigenvalue weighted by Crippen LogP contribution is 1.89. The molecule has 1 aromatic rings. The highest BCUT2D eigenvalue weighted by molar-refractivity contribution is 4.82. The highest BCUT2D eigenvalue weighted by Gasteiger charge is 1.98. The van der Waals surface area contributed by atoms with Gasteiger partial charge in [-0.25, -0.2) is 9.67 Å². The zero-order valence-corrected chi connectivity index (χ0v) is 8.44. The maximum absolute atomic E-state index is 4.90. The van der Waals surface area contributed by atoms with Gasteiger partial charge in [0.05, 0.1) is 19.7 Å². The Kier molecular flexibility index (Phi) is 4.88. The van der Waals surface area contributed by atoms with Crippen molar-refractivity contribution in [2.24, 2.45) is 0 Å². The van der Waals surface area contributed by atoms with E-state index in [4.69, 9.17) is 4.74 Å². The molecule has 0 aliphatic heterocycles. The summed E-state index contributed by atoms with van der Waals surface area (Å²) in [5.41, 5.74) is 0. The smallest absolute Gasteiger partial charge is 0.164 e. The number of rotatable bonds is 7. The zero-order chi connectivity index (χ0) is 10.2. The lowest BCUT2D eigenvalue weighted by atomic mass is 10.5. The van der Waals surface area contributed by atoms with E-state index in [2.05, 4.69) is 22.0 Å². The van der Waals surface area contributed by atoms with Crippen LogP contribution in [0.15, 0.2) is 19.0 Å². The average Bonchev–Trinajstić information content (AvgIpc) is 2.61. The molecule has 0 saturated heterocycles. The first kappa shape index (κ1) is 10.9. The highest BCUT2D eigenvalue weighted by atomic mass is 16.5. The minimum absolute atomic E-state index is 0.674. The first-order valence-corrected chi connectivity index (χ1v) is 4.55. The van der Waals surface area contributed by atoms with E-state index in [9.17, 15) is 0 Å². The number of nitrogens with one attached hydrogen (secondary N) is 1. The van der Waals surface area contributed by atoms with Crippen LogP contribution in [-0.4, -0.2) is 35.0 Å². The summed E-state index contributed by atoms with van der Waals surface area (Å²) >= 11 is 0. The third-order valence-electron chi connectivity index (χ3n) is 1.67. The summed E-state index contributed by atoms with van der Waals surface area (Å²) < 4.78 is 6.65. The largest absolute Gasteiger partial charge is 0.383 e. The van der Waals surface area contributed by atoms with Crippen LogP contribution in [0.5, 0.6) is 0 Å². The lowest BCUT2D eigenvalue weighted by molar-refractivity contribution is 0.199. The van der Waals surface area contributed by atoms with Gasteiger partial charge in [0, 0.05) is 13.7 Å². The number of nitrogens with zero attached hydrogens (tertiary/aromatic N) is 3. The van der Waals surface area contributed by atoms with Gasteiger partial charge < -0.3 is 10.1 Å². The molecule has 0 aromatic carbocycles. The van der Waals surface area contributed by atoms with Crippen LogP contribution >= 0.6 is 0 Å². The van der Waals surface area contributed by atoms with Crippen LogP contribution in [0.2, 0.25) is 0 Å². The molecular weight excluding hydrogens is 180 g/mol. The van der Waals surface area contributed by atoms with Crippen molar-refractivity contribution in [3.63, 3.8) is 0 Å². The Morgan fingerprint density at radius 1 is 1.71 bits per heavy atom. The summed E-state index contributed by atoms with van der Waals surface area (Å²) in [6.45, 7) is 6.52. The molecule has 5 nitrogen and oxygen atoms in total. The standard InChI is InChI=1S/C9H16N4O/c1-3-5-13-8-11-9(12-13)7-10-4-6-14-2/h3,8,10H,1,4-7H2,2H3. The monoisotopic (exact) mass is 196 g/mol. The number of methoxy groups -OCH3 is 1. The van der Waals surface area contributed by atoms with Gasteiger partial charge in [0.2, 0.25) is 0 Å². The molecule has 0 radical (unpaired) electrons. The molecule has 1 N–H and O–H groups in total. The molecule has 0 aliphatic carbocycles. The Morgan fingerprint density at radius 2 is 2.57 bits per heavy atom. The van der Waals surface area contributed by atoms with Gasteiger partial charge in [0.15, 0.2) is 5.82 Å². The van der Waals surface area contributed by atoms with E-state index in [1.807, 2.05) is 0 Å². The summed E-state index contributed by atoms with van der Waals surface area (Å²) in [7, 11) is 1.68. The molecule has 0 atom stereocenters. The van der Waals surface area contributed by atoms with Crippen molar-refractivity contribution in [1.82, 2.24) is 20.1 Å². The van der Waals surface area contributed by atoms with Crippen molar-refractivity contribution in [3.05, 3.63) is 24.8 Å². The van der Waals surface area contributed by atoms with Crippen molar-refractivity contribution < 1.29 is 4.74 Å². The van der Waals surface area contributed by atoms with E-state index in [0.29, 0.717) is 19.7 Å². The van der Waals surface area contributed by atoms with Gasteiger partial charge in [0.1, 0.15) is 6.33 Å². The van der Waals surface area contributed by atoms with Crippen LogP contribution < -0.4 is 5.32 Å². The summed E-state index contributed by atoms with van der Waals surface area (Å²) in [5, 5.41) is 7.40. The van der Waals surface area contributed by atoms with Crippen molar-refractivity contribution in [2.75, 3.05) is 20.3 Å². The molecule has 78 valence electrons. The number of hydrogen-bond acceptors (Lipinski definition) is 4. The summed E-state index contributed by atoms with van der Waals surface area (Å²) in [6, 6.07) is 0. The quantitative estimate of drug-likeness (QED) is 0.500. The van der Waals surface area contributed by atoms with Gasteiger partial charge in [-0.05, 0) is 0 Å². The van der Waals surface area contributed by atoms with E-state index in [-0.39, 0.29) is 0 Å². The predicted octanol–water partition coefficient (Wildman–Crippen LogP) is 0.200. The van der Waals surface area contributed by atoms with E-state index in [0.717, 1.165) is 12.4 Å². The third-order valence-corrected chi connectivity index (χ3v) is 1.67. The van der Waals surface area contributed by atoms with E-state index >= 15 is 0 Å². The van der Waals surface area contributed by atoms with Gasteiger partial charge >= 0.3 is 0 Å². The fourth-order valence-electron chi connectivity index (χ4n) is 1.01. The molecule has 0 aliphatic rings. The maximum atomic E-state index is 4.90. The van der Waals surface area contributed by atoms with Crippen LogP contribution in [0.4, 0.5) is 0 Å². The van der Waals surface area contributed by atoms with Crippen molar-refractivity contribution in [2.45, 2.75) is 13.1 Å². The summed E-state index contributed by atoms with van der Waals surface area (Å²) in [6.07, 6.45) is 3.49. The van der Waals surface area contributed by atoms with E-state index in [1.165, 1.54) is 0 Å². The number of ether oxygens (including phenoxy) is 1. The van der Waals surface area contributed by atoms with Crippen molar-refractivity contribution in [1.29, 1.82) is 0 Å². The van der Waals surface area contributed by atoms with E-state index < -0.39 is 0 Å². The van der Waals surface area contributed by atoms with Crippen LogP contribution in [0.25, 0.3) is 0 Å². The SMILES string of the molecule is C=CCn1cnc(CNCCOC)n1. The molecule has 0 fully saturated rings. The van der Waals surface area contributed by atoms with Crippen LogP contribution in [0.1, 0.15) is 5.82 Å². The molecule has 0 bridgehead atoms. The van der Waals surface area contributed by atoms with Crippen molar-refractivity contribution >= 4 is 0 Å². The molecule has 0 saturated carbocycles. The Morgan fingerprint density at radius 3 is 3.29 bits per heavy atom. The van der Waals surface area contributed by atoms with Crippen LogP contribution in [-0.2, 0) is 17.8 Å². The number of hydrogen-bond donors (Lipinski definition) is 1. The van der Waals surface area contributed by atoms with Gasteiger partial charge in [-0.15, -0.1) is 6.58 Å². The molecule has 0 spiro atoms. The number of aromatic nitrogens is 3. The molecular formula is C9H16N4O. The minimum Gasteiger partial charge on any atom is -0.383 e. The predicted molar refractivity (Wildman–Crippen MR) is 53.8 cm³/mol. The Labute approximate surface area is 83.8 Å². The topological polar surface area (TPSA) is 52.0 Å². The fraction of sp³-hybridized carbons (Fsp3) is 0.556. The van der Waals surface area contributed by atoms with Gasteiger partial charge in [0.25, 0.3) is 0 Å².